The van der Waals surface area contributed by atoms with Crippen molar-refractivity contribution < 1.29 is 0 Å². The smallest absolute Gasteiger partial charge is 0.261 e. The highest BCUT2D eigenvalue weighted by Crippen LogP contribution is 2.38. The molecule has 0 N–H and O–H groups in total. The fourth-order valence-electron chi connectivity index (χ4n) is 13.2. The minimum absolute atomic E-state index is 0.399. The lowest BCUT2D eigenvalue weighted by molar-refractivity contribution is 0.227. The van der Waals surface area contributed by atoms with E-state index in [0.717, 1.165) is 25.7 Å². The first-order chi connectivity index (χ1) is 39.1. The average Bonchev–Trinajstić information content (AvgIpc) is 3.82. The minimum Gasteiger partial charge on any atom is -0.269 e. The van der Waals surface area contributed by atoms with Gasteiger partial charge in [0.1, 0.15) is 0 Å². The zero-order valence-electron chi connectivity index (χ0n) is 43.5. The molecule has 80 heavy (non-hydrogen) atoms. The van der Waals surface area contributed by atoms with Gasteiger partial charge in [0.2, 0.25) is 0 Å². The van der Waals surface area contributed by atoms with E-state index in [1.165, 1.54) is 18.3 Å². The van der Waals surface area contributed by atoms with Gasteiger partial charge in [-0.15, -0.1) is 0 Å². The standard InChI is InChI=1S/2C34H26N2O4/c2*37-31-25-15-5-1-11-21(25)22-12-2-6-16-26(22)32(38)35(31)29-19-9-10-20-30(29)36-33(39)27-17-7-3-13-23(27)24-14-4-8-18-28(24)34(36)40/h2*1-8,11-18,29-30H,9-10,19-20H2/t2*29-,30-/m11/s1. The minimum atomic E-state index is -0.654. The average molecular weight is 1050 g/mol. The number of aromatic nitrogens is 4. The normalized spacial score (nSPS) is 17.5. The van der Waals surface area contributed by atoms with E-state index in [0.29, 0.717) is 112 Å². The Morgan fingerprint density at radius 3 is 0.425 bits per heavy atom. The fourth-order valence-corrected chi connectivity index (χ4v) is 13.2. The van der Waals surface area contributed by atoms with Gasteiger partial charge < -0.3 is 0 Å². The fraction of sp³-hybridized carbons (Fsp3) is 0.176. The highest BCUT2D eigenvalue weighted by Gasteiger charge is 2.35. The van der Waals surface area contributed by atoms with Crippen molar-refractivity contribution in [2.24, 2.45) is 0 Å². The van der Waals surface area contributed by atoms with Gasteiger partial charge in [0, 0.05) is 43.1 Å². The first kappa shape index (κ1) is 49.9. The molecular weight excluding hydrogens is 1000 g/mol. The summed E-state index contributed by atoms with van der Waals surface area (Å²) in [6, 6.07) is 55.4. The summed E-state index contributed by atoms with van der Waals surface area (Å²) < 4.78 is 5.32. The molecule has 2 aliphatic rings. The Hall–Kier alpha value is -9.68. The van der Waals surface area contributed by atoms with Crippen LogP contribution in [-0.4, -0.2) is 18.3 Å². The number of benzene rings is 8. The summed E-state index contributed by atoms with van der Waals surface area (Å²) in [6.07, 6.45) is 5.16. The maximum atomic E-state index is 14.2. The highest BCUT2D eigenvalue weighted by atomic mass is 16.2. The van der Waals surface area contributed by atoms with Gasteiger partial charge in [-0.25, -0.2) is 0 Å². The summed E-state index contributed by atoms with van der Waals surface area (Å²) in [4.78, 5) is 114. The third kappa shape index (κ3) is 8.03. The van der Waals surface area contributed by atoms with Crippen LogP contribution in [0.5, 0.6) is 0 Å². The molecule has 4 atom stereocenters. The monoisotopic (exact) mass is 1050 g/mol. The molecule has 0 radical (unpaired) electrons. The van der Waals surface area contributed by atoms with Crippen LogP contribution in [0.2, 0.25) is 0 Å². The van der Waals surface area contributed by atoms with Crippen LogP contribution in [0.3, 0.4) is 0 Å². The van der Waals surface area contributed by atoms with E-state index in [1.807, 2.05) is 97.1 Å². The van der Waals surface area contributed by atoms with Crippen molar-refractivity contribution in [2.75, 3.05) is 0 Å². The van der Waals surface area contributed by atoms with E-state index < -0.39 is 68.6 Å². The Balaban J connectivity index is 0.000000151. The lowest BCUT2D eigenvalue weighted by Crippen LogP contribution is -2.44. The second-order valence-electron chi connectivity index (χ2n) is 21.1. The zero-order chi connectivity index (χ0) is 54.8. The van der Waals surface area contributed by atoms with Crippen LogP contribution in [0.15, 0.2) is 232 Å². The quantitative estimate of drug-likeness (QED) is 0.169. The summed E-state index contributed by atoms with van der Waals surface area (Å²) in [5, 5.41) is 9.15. The van der Waals surface area contributed by atoms with Crippen LogP contribution in [0.1, 0.15) is 75.5 Å². The largest absolute Gasteiger partial charge is 0.269 e. The molecule has 4 heterocycles. The predicted octanol–water partition coefficient (Wildman–Crippen LogP) is 11.4. The molecule has 2 saturated carbocycles. The highest BCUT2D eigenvalue weighted by molar-refractivity contribution is 6.08. The van der Waals surface area contributed by atoms with E-state index in [9.17, 15) is 38.4 Å². The summed E-state index contributed by atoms with van der Waals surface area (Å²) in [5.74, 6) is 0. The first-order valence-corrected chi connectivity index (χ1v) is 27.4. The Kier molecular flexibility index (Phi) is 12.6. The van der Waals surface area contributed by atoms with Crippen LogP contribution in [-0.2, 0) is 0 Å². The number of hydrogen-bond acceptors (Lipinski definition) is 8. The number of hydrogen-bond donors (Lipinski definition) is 0. The van der Waals surface area contributed by atoms with Crippen molar-refractivity contribution in [1.82, 2.24) is 18.3 Å². The number of rotatable bonds is 4. The molecule has 8 aromatic carbocycles. The molecular formula is C68H52N4O8. The Morgan fingerprint density at radius 1 is 0.188 bits per heavy atom. The van der Waals surface area contributed by atoms with Crippen molar-refractivity contribution >= 4 is 86.2 Å². The van der Waals surface area contributed by atoms with Gasteiger partial charge in [0.15, 0.2) is 0 Å². The molecule has 0 spiro atoms. The summed E-state index contributed by atoms with van der Waals surface area (Å²) >= 11 is 0. The van der Waals surface area contributed by atoms with Crippen LogP contribution in [0, 0.1) is 0 Å². The van der Waals surface area contributed by atoms with E-state index in [1.54, 1.807) is 97.1 Å². The molecule has 0 bridgehead atoms. The molecule has 12 nitrogen and oxygen atoms in total. The molecule has 0 aliphatic heterocycles. The Labute approximate surface area is 454 Å². The predicted molar refractivity (Wildman–Crippen MR) is 321 cm³/mol. The summed E-state index contributed by atoms with van der Waals surface area (Å²) in [5.41, 5.74) is -3.19. The molecule has 12 aromatic rings. The van der Waals surface area contributed by atoms with E-state index >= 15 is 0 Å². The molecule has 12 heteroatoms. The van der Waals surface area contributed by atoms with Gasteiger partial charge in [-0.2, -0.15) is 0 Å². The number of nitrogens with zero attached hydrogens (tertiary/aromatic N) is 4. The van der Waals surface area contributed by atoms with Gasteiger partial charge >= 0.3 is 0 Å². The van der Waals surface area contributed by atoms with Gasteiger partial charge in [0.05, 0.1) is 24.2 Å². The van der Waals surface area contributed by atoms with Crippen molar-refractivity contribution in [3.05, 3.63) is 277 Å². The Bertz CT molecular complexity index is 4180. The van der Waals surface area contributed by atoms with E-state index in [2.05, 4.69) is 0 Å². The molecule has 4 aromatic heterocycles. The molecule has 2 aliphatic carbocycles. The Morgan fingerprint density at radius 2 is 0.300 bits per heavy atom. The van der Waals surface area contributed by atoms with Crippen molar-refractivity contribution in [3.8, 4) is 0 Å². The molecule has 2 fully saturated rings. The van der Waals surface area contributed by atoms with Crippen LogP contribution in [0.4, 0.5) is 0 Å². The maximum absolute atomic E-state index is 14.2. The summed E-state index contributed by atoms with van der Waals surface area (Å²) in [7, 11) is 0. The van der Waals surface area contributed by atoms with E-state index in [-0.39, 0.29) is 0 Å². The van der Waals surface area contributed by atoms with Gasteiger partial charge in [-0.1, -0.05) is 171 Å². The van der Waals surface area contributed by atoms with Crippen LogP contribution >= 0.6 is 0 Å². The van der Waals surface area contributed by atoms with Crippen LogP contribution in [0.25, 0.3) is 86.2 Å². The van der Waals surface area contributed by atoms with Crippen molar-refractivity contribution in [2.45, 2.75) is 75.5 Å². The number of fused-ring (bicyclic) bond motifs is 12. The van der Waals surface area contributed by atoms with Gasteiger partial charge in [-0.05, 0) is 117 Å². The van der Waals surface area contributed by atoms with Gasteiger partial charge in [0.25, 0.3) is 44.5 Å². The second kappa shape index (κ2) is 20.3. The molecule has 0 unspecified atom stereocenters. The lowest BCUT2D eigenvalue weighted by atomic mass is 9.89. The van der Waals surface area contributed by atoms with Crippen molar-refractivity contribution in [1.29, 1.82) is 0 Å². The second-order valence-corrected chi connectivity index (χ2v) is 21.1. The van der Waals surface area contributed by atoms with Gasteiger partial charge in [-0.3, -0.25) is 56.6 Å². The molecule has 0 amide bonds. The zero-order valence-corrected chi connectivity index (χ0v) is 43.5. The van der Waals surface area contributed by atoms with E-state index in [4.69, 9.17) is 0 Å². The lowest BCUT2D eigenvalue weighted by Gasteiger charge is -2.32. The SMILES string of the molecule is O=c1c2ccccc2c2ccccc2c(=O)n1[C@@H]1CCCC[C@H]1n1c(=O)c2ccccc2c2ccccc2c1=O.O=c1c2ccccc2c2ccccc2c(=O)n1[C@@H]1CCCC[C@H]1n1c(=O)c2ccccc2c2ccccc2c1=O. The molecule has 0 saturated heterocycles. The topological polar surface area (TPSA) is 156 Å². The third-order valence-electron chi connectivity index (χ3n) is 16.9. The van der Waals surface area contributed by atoms with Crippen molar-refractivity contribution in [3.63, 3.8) is 0 Å². The molecule has 392 valence electrons. The summed E-state index contributed by atoms with van der Waals surface area (Å²) in [6.45, 7) is 0. The maximum Gasteiger partial charge on any atom is 0.261 e. The third-order valence-corrected chi connectivity index (χ3v) is 16.9. The van der Waals surface area contributed by atoms with Crippen LogP contribution < -0.4 is 44.5 Å². The molecule has 14 rings (SSSR count). The first-order valence-electron chi connectivity index (χ1n) is 27.4.